The molecule has 0 fully saturated rings. The number of hydrogen-bond acceptors (Lipinski definition) is 2. The molecule has 0 aliphatic rings. The molecule has 1 aromatic heterocycles. The van der Waals surface area contributed by atoms with Crippen LogP contribution in [0.1, 0.15) is 50.1 Å². The van der Waals surface area contributed by atoms with Gasteiger partial charge in [0.2, 0.25) is 0 Å². The van der Waals surface area contributed by atoms with E-state index >= 15 is 0 Å². The molecule has 0 bridgehead atoms. The number of carbonyl (C=O) groups is 1. The summed E-state index contributed by atoms with van der Waals surface area (Å²) in [5.74, 6) is 0.262. The normalized spacial score (nSPS) is 12.3. The fraction of sp³-hybridized carbons (Fsp3) is 0.444. The summed E-state index contributed by atoms with van der Waals surface area (Å²) in [4.78, 5) is 12.7. The molecular formula is C18H24N2O. The maximum atomic E-state index is 12.7. The van der Waals surface area contributed by atoms with Gasteiger partial charge in [-0.2, -0.15) is 5.10 Å². The summed E-state index contributed by atoms with van der Waals surface area (Å²) in [7, 11) is 0. The van der Waals surface area contributed by atoms with Crippen molar-refractivity contribution in [1.29, 1.82) is 0 Å². The van der Waals surface area contributed by atoms with Gasteiger partial charge in [0.1, 0.15) is 5.78 Å². The summed E-state index contributed by atoms with van der Waals surface area (Å²) in [6.07, 6.45) is 2.21. The van der Waals surface area contributed by atoms with Crippen LogP contribution in [0.2, 0.25) is 0 Å². The van der Waals surface area contributed by atoms with E-state index in [1.54, 1.807) is 0 Å². The molecule has 3 nitrogen and oxygen atoms in total. The van der Waals surface area contributed by atoms with Crippen molar-refractivity contribution in [2.24, 2.45) is 0 Å². The van der Waals surface area contributed by atoms with Gasteiger partial charge in [0, 0.05) is 24.6 Å². The molecule has 0 aliphatic heterocycles. The molecule has 0 radical (unpaired) electrons. The molecule has 0 N–H and O–H groups in total. The molecule has 3 heteroatoms. The van der Waals surface area contributed by atoms with Gasteiger partial charge in [-0.15, -0.1) is 0 Å². The van der Waals surface area contributed by atoms with Crippen LogP contribution in [0.15, 0.2) is 36.4 Å². The van der Waals surface area contributed by atoms with Crippen molar-refractivity contribution in [2.45, 2.75) is 52.5 Å². The van der Waals surface area contributed by atoms with E-state index in [1.807, 2.05) is 35.0 Å². The maximum absolute atomic E-state index is 12.7. The molecule has 0 aliphatic carbocycles. The lowest BCUT2D eigenvalue weighted by molar-refractivity contribution is -0.120. The SMILES string of the molecule is CCc1cc(CC(=O)C(CC)c2ccccc2)n(CC)n1. The lowest BCUT2D eigenvalue weighted by Gasteiger charge is -2.14. The Morgan fingerprint density at radius 3 is 2.48 bits per heavy atom. The maximum Gasteiger partial charge on any atom is 0.146 e. The lowest BCUT2D eigenvalue weighted by Crippen LogP contribution is -2.16. The minimum Gasteiger partial charge on any atom is -0.299 e. The van der Waals surface area contributed by atoms with E-state index in [0.717, 1.165) is 36.3 Å². The van der Waals surface area contributed by atoms with Gasteiger partial charge < -0.3 is 0 Å². The van der Waals surface area contributed by atoms with Crippen LogP contribution in [0, 0.1) is 0 Å². The van der Waals surface area contributed by atoms with E-state index in [0.29, 0.717) is 6.42 Å². The van der Waals surface area contributed by atoms with Crippen LogP contribution in [0.4, 0.5) is 0 Å². The molecule has 0 spiro atoms. The third-order valence-electron chi connectivity index (χ3n) is 3.93. The fourth-order valence-electron chi connectivity index (χ4n) is 2.74. The van der Waals surface area contributed by atoms with Crippen LogP contribution in [0.25, 0.3) is 0 Å². The Morgan fingerprint density at radius 2 is 1.90 bits per heavy atom. The van der Waals surface area contributed by atoms with Gasteiger partial charge in [0.15, 0.2) is 0 Å². The van der Waals surface area contributed by atoms with E-state index in [1.165, 1.54) is 0 Å². The highest BCUT2D eigenvalue weighted by atomic mass is 16.1. The van der Waals surface area contributed by atoms with E-state index < -0.39 is 0 Å². The average molecular weight is 284 g/mol. The highest BCUT2D eigenvalue weighted by Gasteiger charge is 2.20. The number of nitrogens with zero attached hydrogens (tertiary/aromatic N) is 2. The van der Waals surface area contributed by atoms with Gasteiger partial charge in [-0.1, -0.05) is 44.2 Å². The van der Waals surface area contributed by atoms with Gasteiger partial charge in [0.25, 0.3) is 0 Å². The van der Waals surface area contributed by atoms with Gasteiger partial charge in [-0.25, -0.2) is 0 Å². The first kappa shape index (κ1) is 15.5. The summed E-state index contributed by atoms with van der Waals surface area (Å²) in [5, 5.41) is 4.52. The highest BCUT2D eigenvalue weighted by Crippen LogP contribution is 2.22. The van der Waals surface area contributed by atoms with Crippen molar-refractivity contribution in [1.82, 2.24) is 9.78 Å². The summed E-state index contributed by atoms with van der Waals surface area (Å²) in [6.45, 7) is 7.04. The molecule has 0 saturated heterocycles. The van der Waals surface area contributed by atoms with Crippen LogP contribution in [-0.2, 0) is 24.2 Å². The summed E-state index contributed by atoms with van der Waals surface area (Å²) in [6, 6.07) is 12.1. The Kier molecular flexibility index (Phi) is 5.32. The smallest absolute Gasteiger partial charge is 0.146 e. The molecule has 1 unspecified atom stereocenters. The summed E-state index contributed by atoms with van der Waals surface area (Å²) in [5.41, 5.74) is 3.21. The zero-order valence-electron chi connectivity index (χ0n) is 13.2. The van der Waals surface area contributed by atoms with Crippen LogP contribution in [0.3, 0.4) is 0 Å². The number of aryl methyl sites for hydroxylation is 2. The van der Waals surface area contributed by atoms with E-state index in [2.05, 4.69) is 31.9 Å². The minimum absolute atomic E-state index is 0.0171. The second-order valence-electron chi connectivity index (χ2n) is 5.31. The zero-order chi connectivity index (χ0) is 15.2. The molecule has 0 saturated carbocycles. The van der Waals surface area contributed by atoms with Gasteiger partial charge in [-0.3, -0.25) is 9.48 Å². The van der Waals surface area contributed by atoms with Crippen molar-refractivity contribution < 1.29 is 4.79 Å². The molecular weight excluding hydrogens is 260 g/mol. The van der Waals surface area contributed by atoms with E-state index in [4.69, 9.17) is 0 Å². The number of carbonyl (C=O) groups excluding carboxylic acids is 1. The molecule has 2 aromatic rings. The number of rotatable bonds is 7. The largest absolute Gasteiger partial charge is 0.299 e. The van der Waals surface area contributed by atoms with Crippen LogP contribution < -0.4 is 0 Å². The van der Waals surface area contributed by atoms with Crippen molar-refractivity contribution in [3.05, 3.63) is 53.3 Å². The summed E-state index contributed by atoms with van der Waals surface area (Å²) < 4.78 is 1.95. The van der Waals surface area contributed by atoms with E-state index in [9.17, 15) is 4.79 Å². The molecule has 1 aromatic carbocycles. The Labute approximate surface area is 127 Å². The van der Waals surface area contributed by atoms with Crippen molar-refractivity contribution in [2.75, 3.05) is 0 Å². The molecule has 21 heavy (non-hydrogen) atoms. The van der Waals surface area contributed by atoms with Gasteiger partial charge in [-0.05, 0) is 31.4 Å². The standard InChI is InChI=1S/C18H24N2O/c1-4-15-12-16(20(6-3)19-15)13-18(21)17(5-2)14-10-8-7-9-11-14/h7-12,17H,4-6,13H2,1-3H3. The second-order valence-corrected chi connectivity index (χ2v) is 5.31. The Balaban J connectivity index is 2.18. The second kappa shape index (κ2) is 7.21. The number of ketones is 1. The molecule has 2 rings (SSSR count). The molecule has 112 valence electrons. The first-order chi connectivity index (χ1) is 10.2. The minimum atomic E-state index is -0.0171. The number of Topliss-reactive ketones (excluding diaryl/α,β-unsaturated/α-hetero) is 1. The number of benzene rings is 1. The quantitative estimate of drug-likeness (QED) is 0.775. The lowest BCUT2D eigenvalue weighted by atomic mass is 9.90. The van der Waals surface area contributed by atoms with Crippen LogP contribution >= 0.6 is 0 Å². The van der Waals surface area contributed by atoms with Crippen molar-refractivity contribution in [3.8, 4) is 0 Å². The van der Waals surface area contributed by atoms with Crippen molar-refractivity contribution in [3.63, 3.8) is 0 Å². The third kappa shape index (κ3) is 3.60. The van der Waals surface area contributed by atoms with Gasteiger partial charge in [0.05, 0.1) is 5.69 Å². The molecule has 0 amide bonds. The molecule has 1 atom stereocenters. The topological polar surface area (TPSA) is 34.9 Å². The Morgan fingerprint density at radius 1 is 1.19 bits per heavy atom. The van der Waals surface area contributed by atoms with Gasteiger partial charge >= 0.3 is 0 Å². The van der Waals surface area contributed by atoms with Crippen LogP contribution in [0.5, 0.6) is 0 Å². The Hall–Kier alpha value is -1.90. The monoisotopic (exact) mass is 284 g/mol. The highest BCUT2D eigenvalue weighted by molar-refractivity contribution is 5.87. The summed E-state index contributed by atoms with van der Waals surface area (Å²) >= 11 is 0. The van der Waals surface area contributed by atoms with E-state index in [-0.39, 0.29) is 11.7 Å². The average Bonchev–Trinajstić information content (AvgIpc) is 2.91. The zero-order valence-corrected chi connectivity index (χ0v) is 13.2. The first-order valence-corrected chi connectivity index (χ1v) is 7.82. The predicted octanol–water partition coefficient (Wildman–Crippen LogP) is 3.77. The predicted molar refractivity (Wildman–Crippen MR) is 85.5 cm³/mol. The Bertz CT molecular complexity index is 587. The number of hydrogen-bond donors (Lipinski definition) is 0. The van der Waals surface area contributed by atoms with Crippen LogP contribution in [-0.4, -0.2) is 15.6 Å². The molecule has 1 heterocycles. The number of aromatic nitrogens is 2. The third-order valence-corrected chi connectivity index (χ3v) is 3.93. The van der Waals surface area contributed by atoms with Crippen molar-refractivity contribution >= 4 is 5.78 Å². The fourth-order valence-corrected chi connectivity index (χ4v) is 2.74. The first-order valence-electron chi connectivity index (χ1n) is 7.82.